The van der Waals surface area contributed by atoms with E-state index in [0.717, 1.165) is 16.3 Å². The lowest BCUT2D eigenvalue weighted by molar-refractivity contribution is -0.117. The van der Waals surface area contributed by atoms with Crippen molar-refractivity contribution in [2.45, 2.75) is 12.3 Å². The Morgan fingerprint density at radius 2 is 1.93 bits per heavy atom. The molecule has 1 unspecified atom stereocenters. The molecule has 4 aromatic rings. The Hall–Kier alpha value is -3.67. The quantitative estimate of drug-likeness (QED) is 0.509. The van der Waals surface area contributed by atoms with Gasteiger partial charge < -0.3 is 16.0 Å². The highest BCUT2D eigenvalue weighted by atomic mass is 16.1. The maximum atomic E-state index is 13.0. The number of anilines is 2. The molecule has 0 bridgehead atoms. The van der Waals surface area contributed by atoms with Crippen molar-refractivity contribution in [3.8, 4) is 0 Å². The van der Waals surface area contributed by atoms with Crippen LogP contribution in [0, 0.1) is 0 Å². The summed E-state index contributed by atoms with van der Waals surface area (Å²) in [6.45, 7) is 0. The first-order valence-corrected chi connectivity index (χ1v) is 8.69. The highest BCUT2D eigenvalue weighted by Gasteiger charge is 2.23. The first-order chi connectivity index (χ1) is 13.2. The molecule has 2 heterocycles. The van der Waals surface area contributed by atoms with Crippen LogP contribution in [-0.4, -0.2) is 20.9 Å². The van der Waals surface area contributed by atoms with E-state index in [1.807, 2.05) is 54.6 Å². The van der Waals surface area contributed by atoms with Gasteiger partial charge in [-0.3, -0.25) is 4.79 Å². The first-order valence-electron chi connectivity index (χ1n) is 8.69. The van der Waals surface area contributed by atoms with Crippen LogP contribution in [0.1, 0.15) is 17.3 Å². The maximum Gasteiger partial charge on any atom is 0.235 e. The molecule has 0 aliphatic heterocycles. The number of aromatic nitrogens is 3. The topological polar surface area (TPSA) is 96.7 Å². The van der Waals surface area contributed by atoms with E-state index in [4.69, 9.17) is 5.73 Å². The molecule has 0 aliphatic carbocycles. The van der Waals surface area contributed by atoms with Crippen LogP contribution >= 0.6 is 0 Å². The highest BCUT2D eigenvalue weighted by Crippen LogP contribution is 2.25. The lowest BCUT2D eigenvalue weighted by atomic mass is 9.97. The third-order valence-electron chi connectivity index (χ3n) is 4.51. The lowest BCUT2D eigenvalue weighted by Crippen LogP contribution is -2.24. The summed E-state index contributed by atoms with van der Waals surface area (Å²) in [5, 5.41) is 4.79. The Kier molecular flexibility index (Phi) is 4.53. The second-order valence-corrected chi connectivity index (χ2v) is 6.34. The normalized spacial score (nSPS) is 12.0. The van der Waals surface area contributed by atoms with Crippen LogP contribution in [0.25, 0.3) is 10.8 Å². The van der Waals surface area contributed by atoms with Gasteiger partial charge >= 0.3 is 0 Å². The number of hydrogen-bond donors (Lipinski definition) is 3. The molecule has 0 fully saturated rings. The molecular weight excluding hydrogens is 338 g/mol. The molecule has 1 amide bonds. The summed E-state index contributed by atoms with van der Waals surface area (Å²) in [6, 6.07) is 17.4. The number of H-pyrrole nitrogens is 1. The first kappa shape index (κ1) is 16.8. The van der Waals surface area contributed by atoms with Crippen LogP contribution in [0.4, 0.5) is 11.5 Å². The van der Waals surface area contributed by atoms with Crippen molar-refractivity contribution in [1.29, 1.82) is 0 Å². The number of hydrogen-bond acceptors (Lipinski definition) is 4. The van der Waals surface area contributed by atoms with Gasteiger partial charge in [0.2, 0.25) is 5.91 Å². The van der Waals surface area contributed by atoms with E-state index in [2.05, 4.69) is 20.3 Å². The second-order valence-electron chi connectivity index (χ2n) is 6.34. The number of aromatic amines is 1. The van der Waals surface area contributed by atoms with Gasteiger partial charge in [0.15, 0.2) is 0 Å². The zero-order chi connectivity index (χ0) is 18.6. The minimum atomic E-state index is -0.416. The number of carbonyl (C=O) groups excluding carboxylic acids is 1. The van der Waals surface area contributed by atoms with Crippen LogP contribution in [0.15, 0.2) is 73.2 Å². The van der Waals surface area contributed by atoms with E-state index in [9.17, 15) is 4.79 Å². The Bertz CT molecular complexity index is 1060. The number of rotatable bonds is 5. The fourth-order valence-electron chi connectivity index (χ4n) is 3.14. The molecular formula is C21H19N5O. The summed E-state index contributed by atoms with van der Waals surface area (Å²) < 4.78 is 0. The van der Waals surface area contributed by atoms with Gasteiger partial charge in [-0.15, -0.1) is 0 Å². The lowest BCUT2D eigenvalue weighted by Gasteiger charge is -2.15. The number of nitrogens with one attached hydrogen (secondary N) is 2. The number of benzene rings is 2. The zero-order valence-electron chi connectivity index (χ0n) is 14.6. The molecule has 0 saturated carbocycles. The Labute approximate surface area is 156 Å². The van der Waals surface area contributed by atoms with E-state index in [1.165, 1.54) is 0 Å². The molecule has 6 nitrogen and oxygen atoms in total. The van der Waals surface area contributed by atoms with Crippen molar-refractivity contribution in [2.75, 3.05) is 11.1 Å². The molecule has 6 heteroatoms. The van der Waals surface area contributed by atoms with Crippen molar-refractivity contribution in [2.24, 2.45) is 0 Å². The Morgan fingerprint density at radius 3 is 2.70 bits per heavy atom. The van der Waals surface area contributed by atoms with Crippen LogP contribution in [0.3, 0.4) is 0 Å². The molecule has 0 aliphatic rings. The number of nitrogens with two attached hydrogens (primary N) is 1. The summed E-state index contributed by atoms with van der Waals surface area (Å²) in [6.07, 6.45) is 5.60. The van der Waals surface area contributed by atoms with Crippen molar-refractivity contribution < 1.29 is 4.79 Å². The van der Waals surface area contributed by atoms with Gasteiger partial charge in [0.25, 0.3) is 0 Å². The largest absolute Gasteiger partial charge is 0.383 e. The number of carbonyl (C=O) groups is 1. The Balaban J connectivity index is 1.60. The van der Waals surface area contributed by atoms with Gasteiger partial charge in [0.05, 0.1) is 0 Å². The molecule has 0 radical (unpaired) electrons. The molecule has 4 rings (SSSR count). The van der Waals surface area contributed by atoms with Crippen molar-refractivity contribution in [3.63, 3.8) is 0 Å². The van der Waals surface area contributed by atoms with Gasteiger partial charge in [-0.1, -0.05) is 30.3 Å². The van der Waals surface area contributed by atoms with Crippen LogP contribution in [0.2, 0.25) is 0 Å². The van der Waals surface area contributed by atoms with Crippen LogP contribution in [-0.2, 0) is 11.2 Å². The van der Waals surface area contributed by atoms with Gasteiger partial charge in [0, 0.05) is 29.7 Å². The van der Waals surface area contributed by atoms with Gasteiger partial charge in [-0.05, 0) is 41.6 Å². The fourth-order valence-corrected chi connectivity index (χ4v) is 3.14. The number of nitrogen functional groups attached to an aromatic ring is 1. The van der Waals surface area contributed by atoms with Crippen LogP contribution < -0.4 is 11.1 Å². The monoisotopic (exact) mass is 357 g/mol. The molecule has 134 valence electrons. The molecule has 2 aromatic carbocycles. The summed E-state index contributed by atoms with van der Waals surface area (Å²) in [5.41, 5.74) is 7.68. The summed E-state index contributed by atoms with van der Waals surface area (Å²) in [5.74, 6) is 0.587. The molecule has 1 atom stereocenters. The van der Waals surface area contributed by atoms with Gasteiger partial charge in [0.1, 0.15) is 17.6 Å². The highest BCUT2D eigenvalue weighted by molar-refractivity contribution is 5.99. The summed E-state index contributed by atoms with van der Waals surface area (Å²) >= 11 is 0. The molecule has 0 spiro atoms. The molecule has 4 N–H and O–H groups in total. The average molecular weight is 357 g/mol. The third-order valence-corrected chi connectivity index (χ3v) is 4.51. The van der Waals surface area contributed by atoms with E-state index in [-0.39, 0.29) is 5.91 Å². The predicted octanol–water partition coefficient (Wildman–Crippen LogP) is 3.51. The SMILES string of the molecule is Nc1nccc2cc(NC(=O)C(Cc3ccccc3)c3ncc[nH]3)ccc12. The number of imidazole rings is 1. The minimum absolute atomic E-state index is 0.116. The number of fused-ring (bicyclic) bond motifs is 1. The van der Waals surface area contributed by atoms with Crippen LogP contribution in [0.5, 0.6) is 0 Å². The second kappa shape index (κ2) is 7.29. The maximum absolute atomic E-state index is 13.0. The van der Waals surface area contributed by atoms with E-state index in [1.54, 1.807) is 18.6 Å². The van der Waals surface area contributed by atoms with Crippen molar-refractivity contribution in [1.82, 2.24) is 15.0 Å². The third kappa shape index (κ3) is 3.64. The fraction of sp³-hybridized carbons (Fsp3) is 0.0952. The molecule has 0 saturated heterocycles. The Morgan fingerprint density at radius 1 is 1.07 bits per heavy atom. The minimum Gasteiger partial charge on any atom is -0.383 e. The molecule has 2 aromatic heterocycles. The van der Waals surface area contributed by atoms with E-state index in [0.29, 0.717) is 23.8 Å². The summed E-state index contributed by atoms with van der Waals surface area (Å²) in [7, 11) is 0. The van der Waals surface area contributed by atoms with E-state index >= 15 is 0 Å². The van der Waals surface area contributed by atoms with E-state index < -0.39 is 5.92 Å². The number of pyridine rings is 1. The summed E-state index contributed by atoms with van der Waals surface area (Å²) in [4.78, 5) is 24.5. The smallest absolute Gasteiger partial charge is 0.235 e. The van der Waals surface area contributed by atoms with Crippen molar-refractivity contribution in [3.05, 3.63) is 84.6 Å². The van der Waals surface area contributed by atoms with Gasteiger partial charge in [-0.25, -0.2) is 9.97 Å². The predicted molar refractivity (Wildman–Crippen MR) is 106 cm³/mol. The zero-order valence-corrected chi connectivity index (χ0v) is 14.6. The van der Waals surface area contributed by atoms with Crippen molar-refractivity contribution >= 4 is 28.2 Å². The number of amides is 1. The van der Waals surface area contributed by atoms with Gasteiger partial charge in [-0.2, -0.15) is 0 Å². The standard InChI is InChI=1S/C21H19N5O/c22-19-17-7-6-16(13-15(17)8-9-23-19)26-21(27)18(20-24-10-11-25-20)12-14-4-2-1-3-5-14/h1-11,13,18H,12H2,(H2,22,23)(H,24,25)(H,26,27). The number of nitrogens with zero attached hydrogens (tertiary/aromatic N) is 2. The average Bonchev–Trinajstić information content (AvgIpc) is 3.21. The molecule has 27 heavy (non-hydrogen) atoms.